The van der Waals surface area contributed by atoms with Crippen molar-refractivity contribution in [2.24, 2.45) is 0 Å². The molecule has 3 aromatic rings. The Hall–Kier alpha value is -3.26. The van der Waals surface area contributed by atoms with E-state index in [1.165, 1.54) is 12.1 Å². The Morgan fingerprint density at radius 3 is 2.68 bits per heavy atom. The number of H-pyrrole nitrogens is 1. The van der Waals surface area contributed by atoms with Gasteiger partial charge in [0.1, 0.15) is 11.4 Å². The van der Waals surface area contributed by atoms with Crippen molar-refractivity contribution < 1.29 is 17.9 Å². The summed E-state index contributed by atoms with van der Waals surface area (Å²) in [5, 5.41) is 4.38. The van der Waals surface area contributed by atoms with Crippen molar-refractivity contribution in [2.45, 2.75) is 25.3 Å². The smallest absolute Gasteiger partial charge is 0.416 e. The number of benzene rings is 1. The summed E-state index contributed by atoms with van der Waals surface area (Å²) in [7, 11) is 3.59. The highest BCUT2D eigenvalue weighted by Gasteiger charge is 2.29. The van der Waals surface area contributed by atoms with Gasteiger partial charge in [0.05, 0.1) is 25.0 Å². The molecule has 4 rings (SSSR count). The number of allylic oxidation sites excluding steroid dienone is 2. The largest absolute Gasteiger partial charge is 0.495 e. The number of aromatic amines is 1. The highest BCUT2D eigenvalue weighted by atomic mass is 19.4. The maximum Gasteiger partial charge on any atom is 0.416 e. The summed E-state index contributed by atoms with van der Waals surface area (Å²) in [4.78, 5) is 9.60. The lowest BCUT2D eigenvalue weighted by molar-refractivity contribution is -0.137. The molecular weight excluding hydrogens is 405 g/mol. The molecule has 2 N–H and O–H groups in total. The molecule has 0 aliphatic carbocycles. The third-order valence-corrected chi connectivity index (χ3v) is 5.32. The zero-order valence-corrected chi connectivity index (χ0v) is 17.2. The summed E-state index contributed by atoms with van der Waals surface area (Å²) >= 11 is 0. The number of fused-ring (bicyclic) bond motifs is 1. The summed E-state index contributed by atoms with van der Waals surface area (Å²) < 4.78 is 43.4. The molecule has 0 saturated carbocycles. The number of nitrogens with one attached hydrogen (secondary N) is 2. The van der Waals surface area contributed by atoms with Crippen molar-refractivity contribution in [3.05, 3.63) is 83.3 Å². The molecule has 1 aliphatic heterocycles. The second-order valence-corrected chi connectivity index (χ2v) is 7.51. The van der Waals surface area contributed by atoms with E-state index < -0.39 is 11.7 Å². The normalized spacial score (nSPS) is 16.6. The van der Waals surface area contributed by atoms with Gasteiger partial charge < -0.3 is 14.6 Å². The Labute approximate surface area is 178 Å². The van der Waals surface area contributed by atoms with E-state index in [0.717, 1.165) is 46.3 Å². The van der Waals surface area contributed by atoms with Crippen molar-refractivity contribution >= 4 is 11.0 Å². The standard InChI is InChI=1S/C23H23F3N4O/c1-30-14-16(9-17-12-28-22-20(17)10-19(31-2)13-29-22)5-8-21(30)27-11-15-3-6-18(7-4-15)23(24,25)26/h3-8,10,12-14,21,27H,9,11H2,1-2H3,(H,28,29). The van der Waals surface area contributed by atoms with Crippen LogP contribution in [0.25, 0.3) is 11.0 Å². The quantitative estimate of drug-likeness (QED) is 0.601. The average molecular weight is 428 g/mol. The highest BCUT2D eigenvalue weighted by Crippen LogP contribution is 2.29. The third kappa shape index (κ3) is 4.74. The summed E-state index contributed by atoms with van der Waals surface area (Å²) in [6, 6.07) is 7.20. The fourth-order valence-electron chi connectivity index (χ4n) is 3.60. The van der Waals surface area contributed by atoms with Crippen LogP contribution in [-0.2, 0) is 19.1 Å². The maximum atomic E-state index is 12.7. The molecule has 0 radical (unpaired) electrons. The second kappa shape index (κ2) is 8.47. The van der Waals surface area contributed by atoms with Gasteiger partial charge in [-0.15, -0.1) is 0 Å². The Balaban J connectivity index is 1.38. The molecule has 162 valence electrons. The maximum absolute atomic E-state index is 12.7. The SMILES string of the molecule is COc1cnc2[nH]cc(CC3=CN(C)C(NCc4ccc(C(F)(F)F)cc4)C=C3)c2c1. The van der Waals surface area contributed by atoms with Crippen LogP contribution in [0.1, 0.15) is 16.7 Å². The molecule has 2 aromatic heterocycles. The molecule has 1 aromatic carbocycles. The van der Waals surface area contributed by atoms with Gasteiger partial charge in [-0.25, -0.2) is 4.98 Å². The minimum absolute atomic E-state index is 0.0456. The number of hydrogen-bond donors (Lipinski definition) is 2. The van der Waals surface area contributed by atoms with E-state index in [1.54, 1.807) is 13.3 Å². The van der Waals surface area contributed by atoms with Gasteiger partial charge in [0, 0.05) is 37.8 Å². The van der Waals surface area contributed by atoms with E-state index in [2.05, 4.69) is 27.6 Å². The molecule has 0 bridgehead atoms. The van der Waals surface area contributed by atoms with E-state index in [-0.39, 0.29) is 6.17 Å². The Kier molecular flexibility index (Phi) is 5.73. The first-order chi connectivity index (χ1) is 14.8. The first-order valence-electron chi connectivity index (χ1n) is 9.84. The van der Waals surface area contributed by atoms with Gasteiger partial charge in [-0.05, 0) is 41.0 Å². The number of aromatic nitrogens is 2. The molecule has 0 spiro atoms. The third-order valence-electron chi connectivity index (χ3n) is 5.32. The van der Waals surface area contributed by atoms with Crippen LogP contribution in [0, 0.1) is 0 Å². The van der Waals surface area contributed by atoms with Crippen molar-refractivity contribution in [3.63, 3.8) is 0 Å². The van der Waals surface area contributed by atoms with Gasteiger partial charge in [-0.2, -0.15) is 13.2 Å². The van der Waals surface area contributed by atoms with Crippen LogP contribution in [0.4, 0.5) is 13.2 Å². The van der Waals surface area contributed by atoms with Crippen LogP contribution >= 0.6 is 0 Å². The lowest BCUT2D eigenvalue weighted by Crippen LogP contribution is -2.40. The lowest BCUT2D eigenvalue weighted by atomic mass is 10.0. The first kappa shape index (κ1) is 21.0. The Morgan fingerprint density at radius 2 is 2.00 bits per heavy atom. The van der Waals surface area contributed by atoms with Crippen LogP contribution in [0.5, 0.6) is 5.75 Å². The number of nitrogens with zero attached hydrogens (tertiary/aromatic N) is 2. The summed E-state index contributed by atoms with van der Waals surface area (Å²) in [6.45, 7) is 0.467. The van der Waals surface area contributed by atoms with Crippen LogP contribution in [0.15, 0.2) is 66.7 Å². The van der Waals surface area contributed by atoms with Crippen molar-refractivity contribution in [1.82, 2.24) is 20.2 Å². The zero-order valence-electron chi connectivity index (χ0n) is 17.2. The highest BCUT2D eigenvalue weighted by molar-refractivity contribution is 5.81. The van der Waals surface area contributed by atoms with E-state index in [4.69, 9.17) is 4.74 Å². The van der Waals surface area contributed by atoms with E-state index >= 15 is 0 Å². The fourth-order valence-corrected chi connectivity index (χ4v) is 3.60. The van der Waals surface area contributed by atoms with Crippen molar-refractivity contribution in [3.8, 4) is 5.75 Å². The van der Waals surface area contributed by atoms with Crippen molar-refractivity contribution in [2.75, 3.05) is 14.2 Å². The molecule has 3 heterocycles. The van der Waals surface area contributed by atoms with Crippen LogP contribution in [0.2, 0.25) is 0 Å². The number of hydrogen-bond acceptors (Lipinski definition) is 4. The van der Waals surface area contributed by atoms with Crippen LogP contribution in [-0.4, -0.2) is 35.2 Å². The number of likely N-dealkylation sites (N-methyl/N-ethyl adjacent to an activating group) is 1. The molecule has 0 fully saturated rings. The topological polar surface area (TPSA) is 53.2 Å². The van der Waals surface area contributed by atoms with Gasteiger partial charge in [-0.3, -0.25) is 5.32 Å². The summed E-state index contributed by atoms with van der Waals surface area (Å²) in [5.74, 6) is 0.714. The second-order valence-electron chi connectivity index (χ2n) is 7.51. The van der Waals surface area contributed by atoms with E-state index in [9.17, 15) is 13.2 Å². The predicted molar refractivity (Wildman–Crippen MR) is 113 cm³/mol. The van der Waals surface area contributed by atoms with Crippen molar-refractivity contribution in [1.29, 1.82) is 0 Å². The van der Waals surface area contributed by atoms with Gasteiger partial charge in [0.15, 0.2) is 0 Å². The molecule has 1 unspecified atom stereocenters. The summed E-state index contributed by atoms with van der Waals surface area (Å²) in [6.07, 6.45) is 6.20. The molecule has 0 amide bonds. The molecular formula is C23H23F3N4O. The number of rotatable bonds is 6. The molecule has 1 atom stereocenters. The minimum Gasteiger partial charge on any atom is -0.495 e. The predicted octanol–water partition coefficient (Wildman–Crippen LogP) is 4.63. The molecule has 1 aliphatic rings. The zero-order chi connectivity index (χ0) is 22.0. The molecule has 8 heteroatoms. The number of methoxy groups -OCH3 is 1. The lowest BCUT2D eigenvalue weighted by Gasteiger charge is -2.29. The average Bonchev–Trinajstić information content (AvgIpc) is 3.14. The number of pyridine rings is 1. The van der Waals surface area contributed by atoms with E-state index in [1.807, 2.05) is 30.3 Å². The van der Waals surface area contributed by atoms with Gasteiger partial charge in [0.25, 0.3) is 0 Å². The Morgan fingerprint density at radius 1 is 1.23 bits per heavy atom. The van der Waals surface area contributed by atoms with Gasteiger partial charge in [-0.1, -0.05) is 18.2 Å². The van der Waals surface area contributed by atoms with Gasteiger partial charge in [0.2, 0.25) is 0 Å². The van der Waals surface area contributed by atoms with Crippen LogP contribution in [0.3, 0.4) is 0 Å². The minimum atomic E-state index is -4.31. The fraction of sp³-hybridized carbons (Fsp3) is 0.261. The van der Waals surface area contributed by atoms with E-state index in [0.29, 0.717) is 12.3 Å². The number of ether oxygens (including phenoxy) is 1. The number of alkyl halides is 3. The Bertz CT molecular complexity index is 1120. The molecule has 31 heavy (non-hydrogen) atoms. The summed E-state index contributed by atoms with van der Waals surface area (Å²) in [5.41, 5.74) is 3.25. The van der Waals surface area contributed by atoms with Crippen LogP contribution < -0.4 is 10.1 Å². The molecule has 0 saturated heterocycles. The molecule has 5 nitrogen and oxygen atoms in total. The monoisotopic (exact) mass is 428 g/mol. The number of halogens is 3. The first-order valence-corrected chi connectivity index (χ1v) is 9.84. The van der Waals surface area contributed by atoms with Gasteiger partial charge >= 0.3 is 6.18 Å².